The van der Waals surface area contributed by atoms with E-state index in [0.29, 0.717) is 0 Å². The average molecular weight is 688 g/mol. The van der Waals surface area contributed by atoms with Crippen LogP contribution in [0.3, 0.4) is 0 Å². The van der Waals surface area contributed by atoms with Crippen molar-refractivity contribution < 1.29 is 34.4 Å². The van der Waals surface area contributed by atoms with E-state index in [1.807, 2.05) is 0 Å². The van der Waals surface area contributed by atoms with Crippen molar-refractivity contribution in [2.45, 2.75) is 0 Å². The third-order valence-corrected chi connectivity index (χ3v) is 0. The summed E-state index contributed by atoms with van der Waals surface area (Å²) in [5.41, 5.74) is 0. The van der Waals surface area contributed by atoms with Gasteiger partial charge >= 0.3 is 160 Å². The molecule has 0 aliphatic heterocycles. The van der Waals surface area contributed by atoms with Crippen molar-refractivity contribution in [2.75, 3.05) is 0 Å². The maximum absolute atomic E-state index is 4.51. The Morgan fingerprint density at radius 2 is 0.417 bits per heavy atom. The van der Waals surface area contributed by atoms with Crippen LogP contribution < -0.4 is 0 Å². The fourth-order valence-corrected chi connectivity index (χ4v) is 0. The molecule has 12 heteroatoms. The molecule has 0 fully saturated rings. The first-order chi connectivity index (χ1) is 5.00. The molecule has 12 heavy (non-hydrogen) atoms. The summed E-state index contributed by atoms with van der Waals surface area (Å²) < 4.78 is 0. The van der Waals surface area contributed by atoms with E-state index < -0.39 is 0 Å². The van der Waals surface area contributed by atoms with Crippen molar-refractivity contribution >= 4 is 126 Å². The van der Waals surface area contributed by atoms with Crippen LogP contribution in [0.25, 0.3) is 0 Å². The Hall–Kier alpha value is 5.10. The fraction of sp³-hybridized carbons (Fsp3) is 0. The zero-order valence-electron chi connectivity index (χ0n) is 4.64. The van der Waals surface area contributed by atoms with Crippen LogP contribution in [0.5, 0.6) is 0 Å². The molecule has 0 aromatic carbocycles. The zero-order valence-corrected chi connectivity index (χ0v) is 19.2. The van der Waals surface area contributed by atoms with Crippen LogP contribution in [0.1, 0.15) is 0 Å². The second kappa shape index (κ2) is 141. The molecule has 0 aromatic heterocycles. The summed E-state index contributed by atoms with van der Waals surface area (Å²) in [6.07, 6.45) is 0. The quantitative estimate of drug-likeness (QED) is 0.340. The minimum Gasteiger partial charge on any atom is 2.00 e. The van der Waals surface area contributed by atoms with Gasteiger partial charge in [-0.25, -0.2) is 0 Å². The Morgan fingerprint density at radius 1 is 0.417 bits per heavy atom. The molecule has 0 bridgehead atoms. The summed E-state index contributed by atoms with van der Waals surface area (Å²) in [5.74, 6) is 0. The van der Waals surface area contributed by atoms with Gasteiger partial charge in [0.2, 0.25) is 0 Å². The fourth-order valence-electron chi connectivity index (χ4n) is 0. The van der Waals surface area contributed by atoms with Gasteiger partial charge in [-0.2, -0.15) is 0 Å². The number of hydrogen-bond donors (Lipinski definition) is 0. The Kier molecular flexibility index (Phi) is 511. The monoisotopic (exact) mass is 689 g/mol. The summed E-state index contributed by atoms with van der Waals surface area (Å²) in [4.78, 5) is 0. The Balaban J connectivity index is -0.00000000500. The Bertz CT molecular complexity index is 19.8. The summed E-state index contributed by atoms with van der Waals surface area (Å²) in [6.45, 7) is 0. The molecule has 0 aliphatic rings. The number of hydrogen-bond acceptors (Lipinski definition) is 0. The van der Waals surface area contributed by atoms with E-state index in [1.165, 1.54) is 0 Å². The van der Waals surface area contributed by atoms with Gasteiger partial charge in [-0.15, -0.1) is 0 Å². The summed E-state index contributed by atoms with van der Waals surface area (Å²) in [7, 11) is 22.6. The second-order valence-corrected chi connectivity index (χ2v) is 0. The summed E-state index contributed by atoms with van der Waals surface area (Å²) >= 11 is 10.5. The standard InChI is InChI=1S/5ClSe.Cr.Cu/c5*1-2;;/q5*-1;+3;+2. The number of halogens is 5. The first-order valence-corrected chi connectivity index (χ1v) is 12.0. The Morgan fingerprint density at radius 3 is 0.417 bits per heavy atom. The van der Waals surface area contributed by atoms with Crippen molar-refractivity contribution in [1.82, 2.24) is 0 Å². The SMILES string of the molecule is Cl[Se-].Cl[Se-].Cl[Se-].Cl[Se-].Cl[Se-].[Cr+3].[Cu+2]. The summed E-state index contributed by atoms with van der Waals surface area (Å²) in [6, 6.07) is 0. The zero-order chi connectivity index (χ0) is 10.0. The van der Waals surface area contributed by atoms with Gasteiger partial charge in [0.25, 0.3) is 0 Å². The van der Waals surface area contributed by atoms with Gasteiger partial charge in [-0.3, -0.25) is 0 Å². The number of rotatable bonds is 0. The van der Waals surface area contributed by atoms with Gasteiger partial charge in [0.15, 0.2) is 0 Å². The molecule has 0 amide bonds. The molecule has 0 aromatic rings. The van der Waals surface area contributed by atoms with Crippen LogP contribution >= 0.6 is 50.5 Å². The molecule has 82 valence electrons. The van der Waals surface area contributed by atoms with E-state index in [4.69, 9.17) is 0 Å². The van der Waals surface area contributed by atoms with Crippen LogP contribution in [0, 0.1) is 0 Å². The average Bonchev–Trinajstić information content (AvgIpc) is 2.20. The minimum absolute atomic E-state index is 0. The van der Waals surface area contributed by atoms with Gasteiger partial charge in [0, 0.05) is 0 Å². The van der Waals surface area contributed by atoms with Crippen LogP contribution in [-0.2, 0) is 34.4 Å². The first kappa shape index (κ1) is 43.5. The van der Waals surface area contributed by atoms with Crippen LogP contribution in [0.2, 0.25) is 0 Å². The maximum Gasteiger partial charge on any atom is 3.00 e. The molecule has 0 saturated heterocycles. The van der Waals surface area contributed by atoms with Gasteiger partial charge in [0.05, 0.1) is 0 Å². The van der Waals surface area contributed by atoms with Crippen molar-refractivity contribution in [3.63, 3.8) is 0 Å². The van der Waals surface area contributed by atoms with Gasteiger partial charge < -0.3 is 0 Å². The molecule has 2 radical (unpaired) electrons. The van der Waals surface area contributed by atoms with Gasteiger partial charge in [-0.05, 0) is 0 Å². The molecule has 0 unspecified atom stereocenters. The van der Waals surface area contributed by atoms with Crippen molar-refractivity contribution in [3.8, 4) is 0 Å². The molecular formula is Cl5CrCuSe5. The molecule has 0 aliphatic carbocycles. The van der Waals surface area contributed by atoms with E-state index >= 15 is 0 Å². The second-order valence-electron chi connectivity index (χ2n) is 0. The smallest absolute Gasteiger partial charge is 2.00 e. The van der Waals surface area contributed by atoms with E-state index in [1.54, 1.807) is 0 Å². The van der Waals surface area contributed by atoms with Gasteiger partial charge in [0.1, 0.15) is 0 Å². The normalized spacial score (nSPS) is 2.50. The molecule has 0 atom stereocenters. The van der Waals surface area contributed by atoms with Crippen LogP contribution in [0.4, 0.5) is 0 Å². The van der Waals surface area contributed by atoms with Crippen LogP contribution in [-0.4, -0.2) is 75.5 Å². The van der Waals surface area contributed by atoms with E-state index in [0.717, 1.165) is 0 Å². The molecular weight excluding hydrogens is 688 g/mol. The van der Waals surface area contributed by atoms with E-state index in [-0.39, 0.29) is 34.4 Å². The molecule has 0 N–H and O–H groups in total. The topological polar surface area (TPSA) is 0 Å². The van der Waals surface area contributed by atoms with E-state index in [2.05, 4.69) is 126 Å². The van der Waals surface area contributed by atoms with Crippen LogP contribution in [0.15, 0.2) is 0 Å². The predicted molar refractivity (Wildman–Crippen MR) is 58.0 cm³/mol. The molecule has 0 heterocycles. The third kappa shape index (κ3) is 115. The van der Waals surface area contributed by atoms with Crippen molar-refractivity contribution in [3.05, 3.63) is 0 Å². The Labute approximate surface area is 157 Å². The third-order valence-electron chi connectivity index (χ3n) is 0. The summed E-state index contributed by atoms with van der Waals surface area (Å²) in [5, 5.41) is 0. The van der Waals surface area contributed by atoms with E-state index in [9.17, 15) is 0 Å². The largest absolute Gasteiger partial charge is 3.00 e. The van der Waals surface area contributed by atoms with Gasteiger partial charge in [-0.1, -0.05) is 0 Å². The molecule has 0 spiro atoms. The molecule has 0 saturated carbocycles. The maximum atomic E-state index is 4.51. The van der Waals surface area contributed by atoms with Crippen molar-refractivity contribution in [2.24, 2.45) is 0 Å². The molecule has 0 rings (SSSR count). The minimum atomic E-state index is 0. The molecule has 0 nitrogen and oxygen atoms in total. The predicted octanol–water partition coefficient (Wildman–Crippen LogP) is 1.54. The van der Waals surface area contributed by atoms with Crippen molar-refractivity contribution in [1.29, 1.82) is 0 Å². The first-order valence-electron chi connectivity index (χ1n) is 0.772.